The van der Waals surface area contributed by atoms with Crippen LogP contribution in [-0.4, -0.2) is 62.1 Å². The Labute approximate surface area is 107 Å². The van der Waals surface area contributed by atoms with Gasteiger partial charge < -0.3 is 5.11 Å². The van der Waals surface area contributed by atoms with Crippen LogP contribution in [-0.2, 0) is 24.7 Å². The zero-order chi connectivity index (χ0) is 14.1. The first kappa shape index (κ1) is 15.4. The summed E-state index contributed by atoms with van der Waals surface area (Å²) in [7, 11) is -6.03. The molecule has 18 heavy (non-hydrogen) atoms. The number of carbonyl (C=O) groups is 1. The maximum atomic E-state index is 12.1. The number of aliphatic carboxylic acids is 1. The van der Waals surface area contributed by atoms with Gasteiger partial charge >= 0.3 is 5.97 Å². The predicted molar refractivity (Wildman–Crippen MR) is 65.5 cm³/mol. The molecule has 2 unspecified atom stereocenters. The van der Waals surface area contributed by atoms with Crippen LogP contribution in [0.25, 0.3) is 0 Å². The van der Waals surface area contributed by atoms with E-state index in [0.717, 1.165) is 4.31 Å². The topological polar surface area (TPSA) is 109 Å². The molecule has 0 spiro atoms. The van der Waals surface area contributed by atoms with Crippen molar-refractivity contribution in [1.29, 1.82) is 0 Å². The Balaban J connectivity index is 2.97. The van der Waals surface area contributed by atoms with Crippen LogP contribution in [0.15, 0.2) is 0 Å². The molecule has 1 N–H and O–H groups in total. The summed E-state index contributed by atoms with van der Waals surface area (Å²) in [5, 5.41) is 7.90. The van der Waals surface area contributed by atoms with E-state index in [9.17, 15) is 21.6 Å². The third kappa shape index (κ3) is 3.01. The quantitative estimate of drug-likeness (QED) is 0.719. The van der Waals surface area contributed by atoms with Gasteiger partial charge in [-0.15, -0.1) is 0 Å². The zero-order valence-electron chi connectivity index (χ0n) is 10.2. The third-order valence-corrected chi connectivity index (χ3v) is 7.41. The van der Waals surface area contributed by atoms with Crippen molar-refractivity contribution in [2.75, 3.05) is 18.6 Å². The van der Waals surface area contributed by atoms with Crippen LogP contribution in [0, 0.1) is 0 Å². The monoisotopic (exact) mass is 299 g/mol. The average Bonchev–Trinajstić information content (AvgIpc) is 2.59. The summed E-state index contributed by atoms with van der Waals surface area (Å²) in [5.74, 6) is -1.81. The fourth-order valence-corrected chi connectivity index (χ4v) is 6.48. The van der Waals surface area contributed by atoms with Gasteiger partial charge in [-0.2, -0.15) is 4.31 Å². The van der Waals surface area contributed by atoms with Gasteiger partial charge in [-0.25, -0.2) is 16.8 Å². The predicted octanol–water partition coefficient (Wildman–Crippen LogP) is -0.702. The van der Waals surface area contributed by atoms with Crippen LogP contribution >= 0.6 is 0 Å². The van der Waals surface area contributed by atoms with Gasteiger partial charge in [-0.3, -0.25) is 4.79 Å². The summed E-state index contributed by atoms with van der Waals surface area (Å²) in [6.07, 6.45) is 0.162. The fraction of sp³-hybridized carbons (Fsp3) is 0.889. The summed E-state index contributed by atoms with van der Waals surface area (Å²) >= 11 is 0. The highest BCUT2D eigenvalue weighted by atomic mass is 32.2. The third-order valence-electron chi connectivity index (χ3n) is 3.12. The van der Waals surface area contributed by atoms with Crippen LogP contribution in [0.1, 0.15) is 19.8 Å². The van der Waals surface area contributed by atoms with E-state index in [2.05, 4.69) is 0 Å². The van der Waals surface area contributed by atoms with Crippen LogP contribution < -0.4 is 0 Å². The highest BCUT2D eigenvalue weighted by molar-refractivity contribution is 7.95. The summed E-state index contributed by atoms with van der Waals surface area (Å²) < 4.78 is 47.6. The van der Waals surface area contributed by atoms with E-state index in [1.807, 2.05) is 0 Å². The van der Waals surface area contributed by atoms with Crippen LogP contribution in [0.2, 0.25) is 0 Å². The number of sulfonamides is 1. The lowest BCUT2D eigenvalue weighted by molar-refractivity contribution is -0.141. The van der Waals surface area contributed by atoms with Crippen LogP contribution in [0.3, 0.4) is 0 Å². The van der Waals surface area contributed by atoms with Gasteiger partial charge in [0.15, 0.2) is 9.84 Å². The molecular formula is C9H17NO6S2. The molecule has 1 rings (SSSR count). The number of carboxylic acid groups (broad SMARTS) is 1. The minimum Gasteiger partial charge on any atom is -0.480 e. The molecule has 0 aromatic carbocycles. The lowest BCUT2D eigenvalue weighted by atomic mass is 10.2. The lowest BCUT2D eigenvalue weighted by Crippen LogP contribution is -2.46. The van der Waals surface area contributed by atoms with E-state index < -0.39 is 42.9 Å². The molecule has 1 aliphatic heterocycles. The van der Waals surface area contributed by atoms with E-state index in [0.29, 0.717) is 0 Å². The van der Waals surface area contributed by atoms with E-state index >= 15 is 0 Å². The Hall–Kier alpha value is -0.670. The summed E-state index contributed by atoms with van der Waals surface area (Å²) in [4.78, 5) is 10.9. The van der Waals surface area contributed by atoms with E-state index in [1.165, 1.54) is 7.05 Å². The number of nitrogens with zero attached hydrogens (tertiary/aromatic N) is 1. The van der Waals surface area contributed by atoms with Crippen molar-refractivity contribution in [3.63, 3.8) is 0 Å². The first-order chi connectivity index (χ1) is 8.12. The van der Waals surface area contributed by atoms with Crippen molar-refractivity contribution in [2.45, 2.75) is 31.1 Å². The first-order valence-corrected chi connectivity index (χ1v) is 8.84. The van der Waals surface area contributed by atoms with Gasteiger partial charge in [0.1, 0.15) is 6.04 Å². The maximum absolute atomic E-state index is 12.1. The smallest absolute Gasteiger partial charge is 0.321 e. The second kappa shape index (κ2) is 5.14. The van der Waals surface area contributed by atoms with Crippen molar-refractivity contribution in [3.8, 4) is 0 Å². The molecule has 0 aromatic rings. The van der Waals surface area contributed by atoms with Crippen molar-refractivity contribution >= 4 is 25.8 Å². The molecule has 1 fully saturated rings. The highest BCUT2D eigenvalue weighted by Crippen LogP contribution is 2.23. The maximum Gasteiger partial charge on any atom is 0.321 e. The second-order valence-corrected chi connectivity index (χ2v) is 8.85. The van der Waals surface area contributed by atoms with Gasteiger partial charge in [-0.05, 0) is 12.8 Å². The van der Waals surface area contributed by atoms with Crippen molar-refractivity contribution in [3.05, 3.63) is 0 Å². The number of likely N-dealkylation sites (N-methyl/N-ethyl adjacent to an activating group) is 1. The second-order valence-electron chi connectivity index (χ2n) is 4.35. The molecule has 1 aliphatic rings. The Morgan fingerprint density at radius 3 is 2.39 bits per heavy atom. The first-order valence-electron chi connectivity index (χ1n) is 5.52. The molecule has 1 heterocycles. The van der Waals surface area contributed by atoms with E-state index in [4.69, 9.17) is 5.11 Å². The SMILES string of the molecule is CCC(C(=O)O)N(C)S(=O)(=O)C1CCS(=O)(=O)C1. The van der Waals surface area contributed by atoms with Gasteiger partial charge in [0.2, 0.25) is 10.0 Å². The number of hydrogen-bond donors (Lipinski definition) is 1. The number of rotatable bonds is 5. The molecule has 9 heteroatoms. The molecule has 0 aliphatic carbocycles. The van der Waals surface area contributed by atoms with Crippen LogP contribution in [0.5, 0.6) is 0 Å². The Kier molecular flexibility index (Phi) is 4.39. The Morgan fingerprint density at radius 1 is 1.50 bits per heavy atom. The standard InChI is InChI=1S/C9H17NO6S2/c1-3-8(9(11)12)10(2)18(15,16)7-4-5-17(13,14)6-7/h7-8H,3-6H2,1-2H3,(H,11,12). The molecule has 0 bridgehead atoms. The zero-order valence-corrected chi connectivity index (χ0v) is 11.9. The number of carboxylic acids is 1. The molecule has 7 nitrogen and oxygen atoms in total. The fourth-order valence-electron chi connectivity index (χ4n) is 2.00. The molecule has 106 valence electrons. The molecule has 2 atom stereocenters. The lowest BCUT2D eigenvalue weighted by Gasteiger charge is -2.25. The minimum atomic E-state index is -3.89. The van der Waals surface area contributed by atoms with Crippen molar-refractivity contribution in [2.24, 2.45) is 0 Å². The van der Waals surface area contributed by atoms with Gasteiger partial charge in [0.05, 0.1) is 16.8 Å². The van der Waals surface area contributed by atoms with Gasteiger partial charge in [-0.1, -0.05) is 6.92 Å². The molecule has 0 radical (unpaired) electrons. The molecule has 0 saturated carbocycles. The van der Waals surface area contributed by atoms with E-state index in [1.54, 1.807) is 6.92 Å². The number of sulfone groups is 1. The summed E-state index contributed by atoms with van der Waals surface area (Å²) in [5.41, 5.74) is 0. The van der Waals surface area contributed by atoms with Gasteiger partial charge in [0, 0.05) is 7.05 Å². The van der Waals surface area contributed by atoms with E-state index in [-0.39, 0.29) is 18.6 Å². The molecular weight excluding hydrogens is 282 g/mol. The summed E-state index contributed by atoms with van der Waals surface area (Å²) in [6, 6.07) is -1.15. The highest BCUT2D eigenvalue weighted by Gasteiger charge is 2.42. The summed E-state index contributed by atoms with van der Waals surface area (Å²) in [6.45, 7) is 1.57. The largest absolute Gasteiger partial charge is 0.480 e. The van der Waals surface area contributed by atoms with Gasteiger partial charge in [0.25, 0.3) is 0 Å². The molecule has 1 saturated heterocycles. The van der Waals surface area contributed by atoms with Crippen molar-refractivity contribution < 1.29 is 26.7 Å². The van der Waals surface area contributed by atoms with Crippen LogP contribution in [0.4, 0.5) is 0 Å². The van der Waals surface area contributed by atoms with Crippen molar-refractivity contribution in [1.82, 2.24) is 4.31 Å². The average molecular weight is 299 g/mol. The number of hydrogen-bond acceptors (Lipinski definition) is 5. The normalized spacial score (nSPS) is 25.2. The molecule has 0 amide bonds. The Bertz CT molecular complexity index is 523. The molecule has 0 aromatic heterocycles. The minimum absolute atomic E-state index is 0.0328. The Morgan fingerprint density at radius 2 is 2.06 bits per heavy atom.